The lowest BCUT2D eigenvalue weighted by molar-refractivity contribution is -0.119. The van der Waals surface area contributed by atoms with Crippen molar-refractivity contribution in [2.75, 3.05) is 11.9 Å². The molecule has 2 fully saturated rings. The summed E-state index contributed by atoms with van der Waals surface area (Å²) in [7, 11) is 0. The van der Waals surface area contributed by atoms with E-state index in [-0.39, 0.29) is 17.7 Å². The maximum Gasteiger partial charge on any atom is 0.225 e. The summed E-state index contributed by atoms with van der Waals surface area (Å²) in [4.78, 5) is 24.0. The molecule has 1 aromatic carbocycles. The fourth-order valence-electron chi connectivity index (χ4n) is 4.89. The summed E-state index contributed by atoms with van der Waals surface area (Å²) in [5.41, 5.74) is 3.57. The van der Waals surface area contributed by atoms with E-state index in [2.05, 4.69) is 46.5 Å². The number of nitrogens with zero attached hydrogens (tertiary/aromatic N) is 2. The molecule has 2 amide bonds. The van der Waals surface area contributed by atoms with Crippen LogP contribution in [0.4, 0.5) is 5.82 Å². The van der Waals surface area contributed by atoms with Crippen LogP contribution in [0.5, 0.6) is 0 Å². The summed E-state index contributed by atoms with van der Waals surface area (Å²) < 4.78 is 2.16. The fraction of sp³-hybridized carbons (Fsp3) is 0.560. The molecule has 2 heterocycles. The van der Waals surface area contributed by atoms with E-state index in [0.717, 1.165) is 36.9 Å². The minimum atomic E-state index is -0.0710. The van der Waals surface area contributed by atoms with E-state index in [1.165, 1.54) is 31.2 Å². The minimum Gasteiger partial charge on any atom is -0.356 e. The van der Waals surface area contributed by atoms with Gasteiger partial charge in [0.1, 0.15) is 0 Å². The van der Waals surface area contributed by atoms with E-state index in [0.29, 0.717) is 31.2 Å². The van der Waals surface area contributed by atoms with Gasteiger partial charge in [0.25, 0.3) is 0 Å². The summed E-state index contributed by atoms with van der Waals surface area (Å²) >= 11 is 0. The van der Waals surface area contributed by atoms with Crippen LogP contribution in [-0.4, -0.2) is 28.1 Å². The minimum absolute atomic E-state index is 0.0321. The zero-order valence-electron chi connectivity index (χ0n) is 18.5. The van der Waals surface area contributed by atoms with Crippen LogP contribution in [0, 0.1) is 5.92 Å². The Bertz CT molecular complexity index is 912. The molecule has 2 aromatic rings. The highest BCUT2D eigenvalue weighted by molar-refractivity contribution is 5.91. The van der Waals surface area contributed by atoms with E-state index >= 15 is 0 Å². The molecule has 2 N–H and O–H groups in total. The average Bonchev–Trinajstić information content (AvgIpc) is 3.24. The lowest BCUT2D eigenvalue weighted by atomic mass is 10.0. The molecule has 0 spiro atoms. The number of benzene rings is 1. The van der Waals surface area contributed by atoms with Gasteiger partial charge in [-0.3, -0.25) is 14.3 Å². The number of nitrogens with one attached hydrogen (secondary N) is 2. The monoisotopic (exact) mass is 422 g/mol. The van der Waals surface area contributed by atoms with Gasteiger partial charge in [-0.2, -0.15) is 5.10 Å². The number of amides is 2. The Balaban J connectivity index is 1.58. The molecule has 2 aliphatic rings. The van der Waals surface area contributed by atoms with Crippen molar-refractivity contribution in [1.29, 1.82) is 0 Å². The van der Waals surface area contributed by atoms with E-state index < -0.39 is 0 Å². The predicted octanol–water partition coefficient (Wildman–Crippen LogP) is 4.86. The molecule has 1 atom stereocenters. The van der Waals surface area contributed by atoms with Gasteiger partial charge in [-0.25, -0.2) is 0 Å². The third-order valence-electron chi connectivity index (χ3n) is 6.47. The van der Waals surface area contributed by atoms with Crippen molar-refractivity contribution in [2.24, 2.45) is 5.92 Å². The smallest absolute Gasteiger partial charge is 0.225 e. The van der Waals surface area contributed by atoms with E-state index in [1.54, 1.807) is 0 Å². The summed E-state index contributed by atoms with van der Waals surface area (Å²) in [6, 6.07) is 11.1. The van der Waals surface area contributed by atoms with Crippen LogP contribution in [0.2, 0.25) is 0 Å². The Kier molecular flexibility index (Phi) is 7.05. The number of rotatable bonds is 7. The summed E-state index contributed by atoms with van der Waals surface area (Å²) in [6.45, 7) is 2.78. The van der Waals surface area contributed by atoms with Gasteiger partial charge in [0.05, 0.1) is 11.7 Å². The van der Waals surface area contributed by atoms with Crippen LogP contribution in [0.25, 0.3) is 11.3 Å². The molecule has 1 unspecified atom stereocenters. The fourth-order valence-corrected chi connectivity index (χ4v) is 4.89. The van der Waals surface area contributed by atoms with Crippen molar-refractivity contribution in [3.8, 4) is 11.3 Å². The van der Waals surface area contributed by atoms with Gasteiger partial charge in [0, 0.05) is 31.0 Å². The van der Waals surface area contributed by atoms with Crippen molar-refractivity contribution < 1.29 is 9.59 Å². The standard InChI is InChI=1S/C25H34N4O2/c1-2-8-18-9-7-10-20(13-18)22-16-23(27-25(31)15-19-14-24(30)26-17-19)28-29(22)21-11-5-3-4-6-12-21/h7,9-10,13,16,19,21H,2-6,8,11-12,14-15,17H2,1H3,(H,26,30)(H,27,28,31). The second-order valence-electron chi connectivity index (χ2n) is 9.08. The number of aryl methyl sites for hydroxylation is 1. The van der Waals surface area contributed by atoms with Crippen LogP contribution >= 0.6 is 0 Å². The number of hydrogen-bond acceptors (Lipinski definition) is 3. The lowest BCUT2D eigenvalue weighted by Crippen LogP contribution is -2.19. The highest BCUT2D eigenvalue weighted by Gasteiger charge is 2.25. The van der Waals surface area contributed by atoms with Crippen LogP contribution in [0.15, 0.2) is 30.3 Å². The summed E-state index contributed by atoms with van der Waals surface area (Å²) in [5, 5.41) is 10.7. The molecular weight excluding hydrogens is 388 g/mol. The largest absolute Gasteiger partial charge is 0.356 e. The van der Waals surface area contributed by atoms with Crippen molar-refractivity contribution in [1.82, 2.24) is 15.1 Å². The lowest BCUT2D eigenvalue weighted by Gasteiger charge is -2.18. The van der Waals surface area contributed by atoms with Crippen molar-refractivity contribution in [3.05, 3.63) is 35.9 Å². The number of carbonyl (C=O) groups excluding carboxylic acids is 2. The van der Waals surface area contributed by atoms with Gasteiger partial charge in [0.2, 0.25) is 11.8 Å². The van der Waals surface area contributed by atoms with Gasteiger partial charge in [-0.15, -0.1) is 0 Å². The predicted molar refractivity (Wildman–Crippen MR) is 123 cm³/mol. The van der Waals surface area contributed by atoms with Gasteiger partial charge >= 0.3 is 0 Å². The second kappa shape index (κ2) is 10.1. The van der Waals surface area contributed by atoms with Crippen molar-refractivity contribution in [2.45, 2.75) is 77.2 Å². The first kappa shape index (κ1) is 21.6. The quantitative estimate of drug-likeness (QED) is 0.626. The molecule has 166 valence electrons. The normalized spacial score (nSPS) is 19.8. The van der Waals surface area contributed by atoms with E-state index in [1.807, 2.05) is 6.07 Å². The highest BCUT2D eigenvalue weighted by Crippen LogP contribution is 2.33. The topological polar surface area (TPSA) is 76.0 Å². The molecular formula is C25H34N4O2. The van der Waals surface area contributed by atoms with Gasteiger partial charge in [-0.05, 0) is 36.8 Å². The SMILES string of the molecule is CCCc1cccc(-c2cc(NC(=O)CC3CNC(=O)C3)nn2C2CCCCCC2)c1. The zero-order valence-corrected chi connectivity index (χ0v) is 18.5. The zero-order chi connectivity index (χ0) is 21.6. The van der Waals surface area contributed by atoms with Gasteiger partial charge in [-0.1, -0.05) is 57.2 Å². The van der Waals surface area contributed by atoms with Crippen LogP contribution in [0.1, 0.15) is 76.3 Å². The van der Waals surface area contributed by atoms with Crippen molar-refractivity contribution >= 4 is 17.6 Å². The molecule has 1 aliphatic heterocycles. The average molecular weight is 423 g/mol. The highest BCUT2D eigenvalue weighted by atomic mass is 16.2. The Labute approximate surface area is 184 Å². The third-order valence-corrected chi connectivity index (χ3v) is 6.47. The molecule has 1 saturated heterocycles. The number of hydrogen-bond donors (Lipinski definition) is 2. The second-order valence-corrected chi connectivity index (χ2v) is 9.08. The first-order chi connectivity index (χ1) is 15.1. The first-order valence-corrected chi connectivity index (χ1v) is 11.9. The van der Waals surface area contributed by atoms with Crippen molar-refractivity contribution in [3.63, 3.8) is 0 Å². The molecule has 0 radical (unpaired) electrons. The molecule has 1 aliphatic carbocycles. The van der Waals surface area contributed by atoms with Gasteiger partial charge in [0.15, 0.2) is 5.82 Å². The Morgan fingerprint density at radius 1 is 1.19 bits per heavy atom. The van der Waals surface area contributed by atoms with Gasteiger partial charge < -0.3 is 10.6 Å². The Morgan fingerprint density at radius 2 is 2.00 bits per heavy atom. The maximum absolute atomic E-state index is 12.6. The molecule has 1 aromatic heterocycles. The third kappa shape index (κ3) is 5.54. The van der Waals surface area contributed by atoms with Crippen LogP contribution < -0.4 is 10.6 Å². The number of aromatic nitrogens is 2. The number of anilines is 1. The summed E-state index contributed by atoms with van der Waals surface area (Å²) in [5.74, 6) is 0.645. The van der Waals surface area contributed by atoms with Crippen LogP contribution in [-0.2, 0) is 16.0 Å². The van der Waals surface area contributed by atoms with E-state index in [9.17, 15) is 9.59 Å². The molecule has 6 heteroatoms. The molecule has 1 saturated carbocycles. The Hall–Kier alpha value is -2.63. The summed E-state index contributed by atoms with van der Waals surface area (Å²) in [6.07, 6.45) is 10.2. The number of carbonyl (C=O) groups is 2. The first-order valence-electron chi connectivity index (χ1n) is 11.9. The Morgan fingerprint density at radius 3 is 2.71 bits per heavy atom. The molecule has 0 bridgehead atoms. The molecule has 31 heavy (non-hydrogen) atoms. The molecule has 4 rings (SSSR count). The maximum atomic E-state index is 12.6. The molecule has 6 nitrogen and oxygen atoms in total. The van der Waals surface area contributed by atoms with Crippen LogP contribution in [0.3, 0.4) is 0 Å². The van der Waals surface area contributed by atoms with E-state index in [4.69, 9.17) is 5.10 Å².